The molecule has 1 atom stereocenters. The van der Waals surface area contributed by atoms with Crippen molar-refractivity contribution < 1.29 is 9.53 Å². The van der Waals surface area contributed by atoms with E-state index in [1.807, 2.05) is 32.3 Å². The summed E-state index contributed by atoms with van der Waals surface area (Å²) in [7, 11) is 5.69. The fourth-order valence-corrected chi connectivity index (χ4v) is 3.56. The second-order valence-electron chi connectivity index (χ2n) is 7.19. The monoisotopic (exact) mass is 367 g/mol. The molecular formula is C22H29N3O2. The third-order valence-electron chi connectivity index (χ3n) is 5.16. The molecule has 1 fully saturated rings. The van der Waals surface area contributed by atoms with Crippen LogP contribution in [0.2, 0.25) is 0 Å². The first kappa shape index (κ1) is 19.2. The molecule has 1 aliphatic rings. The number of ether oxygens (including phenoxy) is 1. The zero-order chi connectivity index (χ0) is 19.2. The Morgan fingerprint density at radius 1 is 1.15 bits per heavy atom. The lowest BCUT2D eigenvalue weighted by molar-refractivity contribution is 0.0937. The van der Waals surface area contributed by atoms with Crippen LogP contribution in [0.3, 0.4) is 0 Å². The summed E-state index contributed by atoms with van der Waals surface area (Å²) in [6.45, 7) is 2.75. The van der Waals surface area contributed by atoms with E-state index >= 15 is 0 Å². The lowest BCUT2D eigenvalue weighted by atomic mass is 10.0. The number of hydrogen-bond donors (Lipinski definition) is 1. The number of carbonyl (C=O) groups excluding carboxylic acids is 1. The van der Waals surface area contributed by atoms with Gasteiger partial charge in [0, 0.05) is 31.9 Å². The molecule has 0 saturated carbocycles. The van der Waals surface area contributed by atoms with Gasteiger partial charge in [-0.25, -0.2) is 0 Å². The number of benzene rings is 2. The number of nitrogens with zero attached hydrogens (tertiary/aromatic N) is 2. The van der Waals surface area contributed by atoms with Gasteiger partial charge < -0.3 is 15.0 Å². The maximum absolute atomic E-state index is 12.6. The highest BCUT2D eigenvalue weighted by Crippen LogP contribution is 2.26. The molecular weight excluding hydrogens is 338 g/mol. The Morgan fingerprint density at radius 2 is 1.85 bits per heavy atom. The average molecular weight is 367 g/mol. The topological polar surface area (TPSA) is 44.8 Å². The fraction of sp³-hybridized carbons (Fsp3) is 0.409. The van der Waals surface area contributed by atoms with E-state index in [0.29, 0.717) is 17.9 Å². The Kier molecular flexibility index (Phi) is 6.35. The van der Waals surface area contributed by atoms with Crippen LogP contribution < -0.4 is 15.0 Å². The molecule has 1 saturated heterocycles. The normalized spacial score (nSPS) is 15.4. The summed E-state index contributed by atoms with van der Waals surface area (Å²) in [5.41, 5.74) is 3.05. The molecule has 144 valence electrons. The molecule has 1 N–H and O–H groups in total. The minimum Gasteiger partial charge on any atom is -0.497 e. The van der Waals surface area contributed by atoms with Gasteiger partial charge in [0.15, 0.2) is 0 Å². The van der Waals surface area contributed by atoms with Gasteiger partial charge in [0.25, 0.3) is 5.91 Å². The molecule has 1 aliphatic heterocycles. The van der Waals surface area contributed by atoms with Gasteiger partial charge in [0.1, 0.15) is 5.75 Å². The lowest BCUT2D eigenvalue weighted by Crippen LogP contribution is -2.36. The van der Waals surface area contributed by atoms with Crippen LogP contribution in [0.1, 0.15) is 34.8 Å². The number of hydrogen-bond acceptors (Lipinski definition) is 4. The number of nitrogens with one attached hydrogen (secondary N) is 1. The molecule has 2 aromatic rings. The second kappa shape index (κ2) is 8.91. The van der Waals surface area contributed by atoms with Crippen LogP contribution in [0.15, 0.2) is 48.5 Å². The molecule has 1 amide bonds. The van der Waals surface area contributed by atoms with Gasteiger partial charge in [-0.2, -0.15) is 0 Å². The lowest BCUT2D eigenvalue weighted by Gasteiger charge is -2.28. The summed E-state index contributed by atoms with van der Waals surface area (Å²) in [5, 5.41) is 3.12. The third kappa shape index (κ3) is 4.80. The van der Waals surface area contributed by atoms with E-state index in [2.05, 4.69) is 39.4 Å². The van der Waals surface area contributed by atoms with Crippen LogP contribution in [0.5, 0.6) is 5.75 Å². The van der Waals surface area contributed by atoms with Crippen LogP contribution in [-0.2, 0) is 0 Å². The van der Waals surface area contributed by atoms with E-state index in [1.54, 1.807) is 13.2 Å². The van der Waals surface area contributed by atoms with Crippen molar-refractivity contribution in [1.82, 2.24) is 10.2 Å². The van der Waals surface area contributed by atoms with Crippen molar-refractivity contribution in [2.75, 3.05) is 45.7 Å². The van der Waals surface area contributed by atoms with Crippen molar-refractivity contribution in [2.24, 2.45) is 0 Å². The maximum atomic E-state index is 12.6. The van der Waals surface area contributed by atoms with Crippen LogP contribution in [0.25, 0.3) is 0 Å². The average Bonchev–Trinajstić information content (AvgIpc) is 3.23. The van der Waals surface area contributed by atoms with Gasteiger partial charge in [-0.3, -0.25) is 9.69 Å². The molecule has 5 nitrogen and oxygen atoms in total. The van der Waals surface area contributed by atoms with E-state index in [4.69, 9.17) is 4.74 Å². The predicted molar refractivity (Wildman–Crippen MR) is 110 cm³/mol. The van der Waals surface area contributed by atoms with Crippen LogP contribution in [-0.4, -0.2) is 51.6 Å². The van der Waals surface area contributed by atoms with Crippen molar-refractivity contribution >= 4 is 11.6 Å². The summed E-state index contributed by atoms with van der Waals surface area (Å²) in [5.74, 6) is 0.626. The van der Waals surface area contributed by atoms with Crippen molar-refractivity contribution in [1.29, 1.82) is 0 Å². The summed E-state index contributed by atoms with van der Waals surface area (Å²) in [6.07, 6.45) is 2.44. The van der Waals surface area contributed by atoms with Gasteiger partial charge in [-0.1, -0.05) is 18.2 Å². The van der Waals surface area contributed by atoms with Crippen LogP contribution in [0.4, 0.5) is 5.69 Å². The Balaban J connectivity index is 1.72. The molecule has 0 aromatic heterocycles. The van der Waals surface area contributed by atoms with Crippen LogP contribution >= 0.6 is 0 Å². The van der Waals surface area contributed by atoms with Crippen molar-refractivity contribution in [3.05, 3.63) is 59.7 Å². The van der Waals surface area contributed by atoms with E-state index < -0.39 is 0 Å². The fourth-order valence-electron chi connectivity index (χ4n) is 3.56. The van der Waals surface area contributed by atoms with Gasteiger partial charge >= 0.3 is 0 Å². The smallest absolute Gasteiger partial charge is 0.251 e. The molecule has 2 aromatic carbocycles. The summed E-state index contributed by atoms with van der Waals surface area (Å²) in [4.78, 5) is 17.2. The standard InChI is InChI=1S/C22H29N3O2/c1-24(2)19-11-9-17(10-12-19)21(25-13-4-5-14-25)16-23-22(26)18-7-6-8-20(15-18)27-3/h6-12,15,21H,4-5,13-14,16H2,1-3H3,(H,23,26)/t21-/m1/s1. The zero-order valence-electron chi connectivity index (χ0n) is 16.4. The van der Waals surface area contributed by atoms with Crippen molar-refractivity contribution in [3.8, 4) is 5.75 Å². The summed E-state index contributed by atoms with van der Waals surface area (Å²) in [6, 6.07) is 16.1. The highest BCUT2D eigenvalue weighted by molar-refractivity contribution is 5.94. The first-order valence-corrected chi connectivity index (χ1v) is 9.52. The van der Waals surface area contributed by atoms with Gasteiger partial charge in [-0.05, 0) is 61.8 Å². The summed E-state index contributed by atoms with van der Waals surface area (Å²) >= 11 is 0. The SMILES string of the molecule is COc1cccc(C(=O)NC[C@H](c2ccc(N(C)C)cc2)N2CCCC2)c1. The van der Waals surface area contributed by atoms with E-state index in [0.717, 1.165) is 13.1 Å². The second-order valence-corrected chi connectivity index (χ2v) is 7.19. The molecule has 0 spiro atoms. The predicted octanol–water partition coefficient (Wildman–Crippen LogP) is 3.33. The van der Waals surface area contributed by atoms with E-state index in [-0.39, 0.29) is 11.9 Å². The van der Waals surface area contributed by atoms with Crippen molar-refractivity contribution in [3.63, 3.8) is 0 Å². The zero-order valence-corrected chi connectivity index (χ0v) is 16.4. The Bertz CT molecular complexity index is 752. The number of methoxy groups -OCH3 is 1. The number of carbonyl (C=O) groups is 1. The van der Waals surface area contributed by atoms with E-state index in [9.17, 15) is 4.79 Å². The minimum absolute atomic E-state index is 0.0667. The molecule has 0 bridgehead atoms. The Hall–Kier alpha value is -2.53. The highest BCUT2D eigenvalue weighted by Gasteiger charge is 2.24. The molecule has 0 aliphatic carbocycles. The Morgan fingerprint density at radius 3 is 2.48 bits per heavy atom. The number of anilines is 1. The molecule has 0 unspecified atom stereocenters. The van der Waals surface area contributed by atoms with Gasteiger partial charge in [0.2, 0.25) is 0 Å². The highest BCUT2D eigenvalue weighted by atomic mass is 16.5. The molecule has 3 rings (SSSR count). The van der Waals surface area contributed by atoms with Gasteiger partial charge in [0.05, 0.1) is 13.2 Å². The number of rotatable bonds is 7. The molecule has 0 radical (unpaired) electrons. The van der Waals surface area contributed by atoms with Crippen LogP contribution in [0, 0.1) is 0 Å². The third-order valence-corrected chi connectivity index (χ3v) is 5.16. The molecule has 1 heterocycles. The van der Waals surface area contributed by atoms with E-state index in [1.165, 1.54) is 24.1 Å². The van der Waals surface area contributed by atoms with Crippen molar-refractivity contribution in [2.45, 2.75) is 18.9 Å². The Labute approximate surface area is 161 Å². The number of amides is 1. The maximum Gasteiger partial charge on any atom is 0.251 e. The molecule has 27 heavy (non-hydrogen) atoms. The largest absolute Gasteiger partial charge is 0.497 e. The number of likely N-dealkylation sites (tertiary alicyclic amines) is 1. The molecule has 5 heteroatoms. The quantitative estimate of drug-likeness (QED) is 0.815. The minimum atomic E-state index is -0.0667. The van der Waals surface area contributed by atoms with Gasteiger partial charge in [-0.15, -0.1) is 0 Å². The first-order chi connectivity index (χ1) is 13.1. The first-order valence-electron chi connectivity index (χ1n) is 9.52. The summed E-state index contributed by atoms with van der Waals surface area (Å²) < 4.78 is 5.22.